The monoisotopic (exact) mass is 176 g/mol. The van der Waals surface area contributed by atoms with E-state index < -0.39 is 0 Å². The fourth-order valence-corrected chi connectivity index (χ4v) is 2.07. The van der Waals surface area contributed by atoms with E-state index in [0.717, 1.165) is 0 Å². The normalized spacial score (nSPS) is 24.5. The van der Waals surface area contributed by atoms with Crippen molar-refractivity contribution in [2.75, 3.05) is 13.6 Å². The number of nitrogens with zero attached hydrogens (tertiary/aromatic N) is 2. The summed E-state index contributed by atoms with van der Waals surface area (Å²) in [6, 6.07) is 4.81. The molecule has 2 rings (SSSR count). The van der Waals surface area contributed by atoms with Crippen LogP contribution in [0.4, 0.5) is 0 Å². The van der Waals surface area contributed by atoms with E-state index in [-0.39, 0.29) is 0 Å². The summed E-state index contributed by atoms with van der Waals surface area (Å²) in [5.41, 5.74) is 1.37. The van der Waals surface area contributed by atoms with Gasteiger partial charge in [-0.15, -0.1) is 0 Å². The maximum absolute atomic E-state index is 4.17. The zero-order valence-corrected chi connectivity index (χ0v) is 8.11. The van der Waals surface area contributed by atoms with Gasteiger partial charge >= 0.3 is 0 Å². The highest BCUT2D eigenvalue weighted by Gasteiger charge is 2.19. The van der Waals surface area contributed by atoms with E-state index in [1.54, 1.807) is 0 Å². The molecule has 1 fully saturated rings. The van der Waals surface area contributed by atoms with Crippen molar-refractivity contribution in [3.63, 3.8) is 0 Å². The smallest absolute Gasteiger partial charge is 0.0360 e. The maximum atomic E-state index is 4.17. The second-order valence-electron chi connectivity index (χ2n) is 3.78. The molecule has 1 aromatic rings. The minimum atomic E-state index is 0.599. The summed E-state index contributed by atoms with van der Waals surface area (Å²) in [4.78, 5) is 6.60. The first-order chi connectivity index (χ1) is 6.38. The van der Waals surface area contributed by atoms with Crippen molar-refractivity contribution in [1.82, 2.24) is 9.88 Å². The summed E-state index contributed by atoms with van der Waals surface area (Å²) >= 11 is 0. The maximum Gasteiger partial charge on any atom is 0.0360 e. The van der Waals surface area contributed by atoms with Crippen molar-refractivity contribution in [3.8, 4) is 0 Å². The molecule has 1 atom stereocenters. The van der Waals surface area contributed by atoms with Gasteiger partial charge in [0, 0.05) is 18.4 Å². The second kappa shape index (κ2) is 3.88. The summed E-state index contributed by atoms with van der Waals surface area (Å²) in [5.74, 6) is 0. The van der Waals surface area contributed by atoms with Gasteiger partial charge in [-0.2, -0.15) is 0 Å². The van der Waals surface area contributed by atoms with Crippen molar-refractivity contribution >= 4 is 0 Å². The Bertz CT molecular complexity index is 258. The lowest BCUT2D eigenvalue weighted by atomic mass is 9.97. The van der Waals surface area contributed by atoms with Crippen LogP contribution in [0.5, 0.6) is 0 Å². The molecule has 1 aliphatic rings. The summed E-state index contributed by atoms with van der Waals surface area (Å²) in [6.07, 6.45) is 7.80. The molecule has 1 aromatic heterocycles. The number of likely N-dealkylation sites (tertiary alicyclic amines) is 1. The van der Waals surface area contributed by atoms with Gasteiger partial charge in [-0.25, -0.2) is 0 Å². The number of hydrogen-bond donors (Lipinski definition) is 0. The topological polar surface area (TPSA) is 16.1 Å². The standard InChI is InChI=1S/C11H16N2/c1-13-8-3-2-6-11(13)10-5-4-7-12-9-10/h4-5,7,9,11H,2-3,6,8H2,1H3/t11-/m0/s1. The Hall–Kier alpha value is -0.890. The van der Waals surface area contributed by atoms with E-state index in [1.807, 2.05) is 18.5 Å². The van der Waals surface area contributed by atoms with Gasteiger partial charge in [0.25, 0.3) is 0 Å². The van der Waals surface area contributed by atoms with Crippen LogP contribution in [0, 0.1) is 0 Å². The van der Waals surface area contributed by atoms with Gasteiger partial charge in [-0.05, 0) is 38.1 Å². The van der Waals surface area contributed by atoms with Gasteiger partial charge < -0.3 is 0 Å². The molecule has 0 saturated carbocycles. The third-order valence-corrected chi connectivity index (χ3v) is 2.84. The van der Waals surface area contributed by atoms with Crippen LogP contribution >= 0.6 is 0 Å². The van der Waals surface area contributed by atoms with Gasteiger partial charge in [-0.1, -0.05) is 12.5 Å². The highest BCUT2D eigenvalue weighted by Crippen LogP contribution is 2.28. The highest BCUT2D eigenvalue weighted by atomic mass is 15.1. The summed E-state index contributed by atoms with van der Waals surface area (Å²) in [7, 11) is 2.21. The number of hydrogen-bond acceptors (Lipinski definition) is 2. The summed E-state index contributed by atoms with van der Waals surface area (Å²) in [5, 5.41) is 0. The number of aromatic nitrogens is 1. The first-order valence-electron chi connectivity index (χ1n) is 4.98. The lowest BCUT2D eigenvalue weighted by Crippen LogP contribution is -2.29. The van der Waals surface area contributed by atoms with Gasteiger partial charge in [-0.3, -0.25) is 9.88 Å². The fourth-order valence-electron chi connectivity index (χ4n) is 2.07. The third-order valence-electron chi connectivity index (χ3n) is 2.84. The van der Waals surface area contributed by atoms with Gasteiger partial charge in [0.1, 0.15) is 0 Å². The molecule has 0 N–H and O–H groups in total. The van der Waals surface area contributed by atoms with Crippen LogP contribution < -0.4 is 0 Å². The molecule has 0 aliphatic carbocycles. The van der Waals surface area contributed by atoms with Crippen molar-refractivity contribution in [2.24, 2.45) is 0 Å². The number of pyridine rings is 1. The third kappa shape index (κ3) is 1.89. The Morgan fingerprint density at radius 1 is 1.46 bits per heavy atom. The average molecular weight is 176 g/mol. The Morgan fingerprint density at radius 3 is 3.08 bits per heavy atom. The highest BCUT2D eigenvalue weighted by molar-refractivity contribution is 5.14. The van der Waals surface area contributed by atoms with E-state index in [0.29, 0.717) is 6.04 Å². The summed E-state index contributed by atoms with van der Waals surface area (Å²) < 4.78 is 0. The average Bonchev–Trinajstić information content (AvgIpc) is 2.20. The van der Waals surface area contributed by atoms with E-state index in [4.69, 9.17) is 0 Å². The Balaban J connectivity index is 2.15. The molecule has 0 aromatic carbocycles. The predicted octanol–water partition coefficient (Wildman–Crippen LogP) is 2.24. The first-order valence-corrected chi connectivity index (χ1v) is 4.98. The molecular weight excluding hydrogens is 160 g/mol. The zero-order valence-electron chi connectivity index (χ0n) is 8.11. The van der Waals surface area contributed by atoms with Crippen LogP contribution in [-0.4, -0.2) is 23.5 Å². The van der Waals surface area contributed by atoms with E-state index in [9.17, 15) is 0 Å². The number of piperidine rings is 1. The molecule has 2 nitrogen and oxygen atoms in total. The van der Waals surface area contributed by atoms with Crippen molar-refractivity contribution in [3.05, 3.63) is 30.1 Å². The van der Waals surface area contributed by atoms with Crippen LogP contribution in [0.15, 0.2) is 24.5 Å². The van der Waals surface area contributed by atoms with Crippen molar-refractivity contribution in [2.45, 2.75) is 25.3 Å². The molecule has 0 radical (unpaired) electrons. The van der Waals surface area contributed by atoms with Crippen LogP contribution in [-0.2, 0) is 0 Å². The molecular formula is C11H16N2. The lowest BCUT2D eigenvalue weighted by molar-refractivity contribution is 0.187. The Morgan fingerprint density at radius 2 is 2.38 bits per heavy atom. The number of rotatable bonds is 1. The fraction of sp³-hybridized carbons (Fsp3) is 0.545. The van der Waals surface area contributed by atoms with Gasteiger partial charge in [0.05, 0.1) is 0 Å². The molecule has 0 amide bonds. The predicted molar refractivity (Wildman–Crippen MR) is 53.5 cm³/mol. The summed E-state index contributed by atoms with van der Waals surface area (Å²) in [6.45, 7) is 1.22. The molecule has 0 unspecified atom stereocenters. The van der Waals surface area contributed by atoms with Gasteiger partial charge in [0.2, 0.25) is 0 Å². The van der Waals surface area contributed by atoms with Crippen LogP contribution in [0.25, 0.3) is 0 Å². The lowest BCUT2D eigenvalue weighted by Gasteiger charge is -2.32. The molecule has 70 valence electrons. The van der Waals surface area contributed by atoms with Crippen LogP contribution in [0.3, 0.4) is 0 Å². The SMILES string of the molecule is CN1CCCC[C@H]1c1cccnc1. The Labute approximate surface area is 79.6 Å². The van der Waals surface area contributed by atoms with Crippen molar-refractivity contribution in [1.29, 1.82) is 0 Å². The minimum absolute atomic E-state index is 0.599. The molecule has 0 spiro atoms. The molecule has 0 bridgehead atoms. The van der Waals surface area contributed by atoms with E-state index in [1.165, 1.54) is 31.4 Å². The zero-order chi connectivity index (χ0) is 9.10. The van der Waals surface area contributed by atoms with Gasteiger partial charge in [0.15, 0.2) is 0 Å². The molecule has 2 heteroatoms. The van der Waals surface area contributed by atoms with E-state index >= 15 is 0 Å². The van der Waals surface area contributed by atoms with Crippen LogP contribution in [0.2, 0.25) is 0 Å². The minimum Gasteiger partial charge on any atom is -0.299 e. The first kappa shape index (κ1) is 8.70. The molecule has 1 saturated heterocycles. The molecule has 13 heavy (non-hydrogen) atoms. The Kier molecular flexibility index (Phi) is 2.60. The van der Waals surface area contributed by atoms with E-state index in [2.05, 4.69) is 23.0 Å². The quantitative estimate of drug-likeness (QED) is 0.652. The van der Waals surface area contributed by atoms with Crippen LogP contribution in [0.1, 0.15) is 30.9 Å². The van der Waals surface area contributed by atoms with Crippen molar-refractivity contribution < 1.29 is 0 Å². The largest absolute Gasteiger partial charge is 0.299 e. The second-order valence-corrected chi connectivity index (χ2v) is 3.78. The molecule has 1 aliphatic heterocycles. The molecule has 2 heterocycles.